The van der Waals surface area contributed by atoms with Crippen LogP contribution in [0.25, 0.3) is 27.7 Å². The number of rotatable bonds is 5. The van der Waals surface area contributed by atoms with Crippen molar-refractivity contribution in [2.24, 2.45) is 0 Å². The van der Waals surface area contributed by atoms with Crippen molar-refractivity contribution in [3.63, 3.8) is 0 Å². The lowest BCUT2D eigenvalue weighted by atomic mass is 9.81. The van der Waals surface area contributed by atoms with Crippen LogP contribution in [0.1, 0.15) is 40.2 Å². The molecule has 0 fully saturated rings. The average molecular weight is 617 g/mol. The molecule has 8 rings (SSSR count). The van der Waals surface area contributed by atoms with Crippen molar-refractivity contribution in [2.45, 2.75) is 19.0 Å². The minimum atomic E-state index is -0.729. The van der Waals surface area contributed by atoms with Crippen molar-refractivity contribution in [1.29, 1.82) is 0 Å². The molecule has 2 atom stereocenters. The lowest BCUT2D eigenvalue weighted by molar-refractivity contribution is 0.305. The summed E-state index contributed by atoms with van der Waals surface area (Å²) in [7, 11) is 3.17. The molecule has 1 N–H and O–H groups in total. The summed E-state index contributed by atoms with van der Waals surface area (Å²) in [6.45, 7) is 1.65. The molecule has 12 heteroatoms. The smallest absolute Gasteiger partial charge is 0.344 e. The summed E-state index contributed by atoms with van der Waals surface area (Å²) in [6.07, 6.45) is 0.930. The summed E-state index contributed by atoms with van der Waals surface area (Å²) in [6, 6.07) is 22.0. The Bertz CT molecular complexity index is 2260. The van der Waals surface area contributed by atoms with Gasteiger partial charge in [-0.3, -0.25) is 0 Å². The van der Waals surface area contributed by atoms with Crippen LogP contribution >= 0.6 is 0 Å². The molecule has 228 valence electrons. The number of ether oxygens (including phenoxy) is 3. The summed E-state index contributed by atoms with van der Waals surface area (Å²) in [4.78, 5) is 17.8. The first-order valence-corrected chi connectivity index (χ1v) is 14.4. The quantitative estimate of drug-likeness (QED) is 0.200. The highest BCUT2D eigenvalue weighted by Crippen LogP contribution is 2.50. The number of hydrogen-bond donors (Lipinski definition) is 1. The second-order valence-electron chi connectivity index (χ2n) is 11.0. The van der Waals surface area contributed by atoms with Gasteiger partial charge in [-0.25, -0.2) is 9.78 Å². The van der Waals surface area contributed by atoms with Crippen molar-refractivity contribution in [1.82, 2.24) is 30.5 Å². The number of nitrogens with zero attached hydrogens (tertiary/aromatic N) is 5. The van der Waals surface area contributed by atoms with Gasteiger partial charge in [0.15, 0.2) is 17.7 Å². The molecule has 3 aromatic heterocycles. The molecule has 0 bridgehead atoms. The maximum atomic E-state index is 14.2. The number of para-hydroxylation sites is 1. The van der Waals surface area contributed by atoms with Gasteiger partial charge in [0, 0.05) is 22.9 Å². The highest BCUT2D eigenvalue weighted by molar-refractivity contribution is 5.89. The Balaban J connectivity index is 1.37. The third-order valence-corrected chi connectivity index (χ3v) is 8.38. The first-order valence-electron chi connectivity index (χ1n) is 14.4. The van der Waals surface area contributed by atoms with E-state index >= 15 is 0 Å². The van der Waals surface area contributed by atoms with Gasteiger partial charge in [0.2, 0.25) is 11.8 Å². The molecule has 6 aromatic rings. The maximum Gasteiger partial charge on any atom is 0.344 e. The van der Waals surface area contributed by atoms with E-state index in [-0.39, 0.29) is 0 Å². The normalized spacial score (nSPS) is 16.6. The van der Waals surface area contributed by atoms with Gasteiger partial charge in [-0.15, -0.1) is 5.10 Å². The van der Waals surface area contributed by atoms with Crippen LogP contribution in [-0.2, 0) is 0 Å². The zero-order valence-corrected chi connectivity index (χ0v) is 24.8. The maximum absolute atomic E-state index is 14.2. The lowest BCUT2D eigenvalue weighted by Gasteiger charge is -2.36. The van der Waals surface area contributed by atoms with E-state index in [2.05, 4.69) is 25.8 Å². The highest BCUT2D eigenvalue weighted by atomic mass is 19.1. The van der Waals surface area contributed by atoms with E-state index in [1.165, 1.54) is 6.20 Å². The van der Waals surface area contributed by atoms with E-state index < -0.39 is 23.7 Å². The van der Waals surface area contributed by atoms with Crippen LogP contribution in [0.3, 0.4) is 0 Å². The van der Waals surface area contributed by atoms with Crippen LogP contribution in [0.4, 0.5) is 4.39 Å². The van der Waals surface area contributed by atoms with Gasteiger partial charge in [-0.05, 0) is 70.9 Å². The number of methoxy groups -OCH3 is 2. The number of aromatic nitrogens is 5. The van der Waals surface area contributed by atoms with Gasteiger partial charge < -0.3 is 23.9 Å². The predicted octanol–water partition coefficient (Wildman–Crippen LogP) is 5.35. The summed E-state index contributed by atoms with van der Waals surface area (Å²) >= 11 is 0. The zero-order valence-electron chi connectivity index (χ0n) is 24.8. The van der Waals surface area contributed by atoms with E-state index in [0.29, 0.717) is 73.3 Å². The fourth-order valence-corrected chi connectivity index (χ4v) is 6.18. The Kier molecular flexibility index (Phi) is 6.31. The molecule has 0 radical (unpaired) electrons. The van der Waals surface area contributed by atoms with E-state index in [9.17, 15) is 9.18 Å². The first-order chi connectivity index (χ1) is 22.4. The molecule has 5 heterocycles. The Morgan fingerprint density at radius 3 is 2.57 bits per heavy atom. The molecule has 2 aliphatic heterocycles. The van der Waals surface area contributed by atoms with Crippen LogP contribution in [0, 0.1) is 12.9 Å². The molecule has 2 aliphatic rings. The summed E-state index contributed by atoms with van der Waals surface area (Å²) in [5.41, 5.74) is 3.94. The molecule has 2 unspecified atom stereocenters. The van der Waals surface area contributed by atoms with Gasteiger partial charge in [-0.2, -0.15) is 9.07 Å². The Morgan fingerprint density at radius 2 is 1.78 bits per heavy atom. The van der Waals surface area contributed by atoms with Crippen molar-refractivity contribution in [3.8, 4) is 28.4 Å². The van der Waals surface area contributed by atoms with Crippen molar-refractivity contribution in [3.05, 3.63) is 129 Å². The Morgan fingerprint density at radius 1 is 0.978 bits per heavy atom. The molecule has 0 amide bonds. The SMILES string of the molecule is COc1ccc(C2NC3=C(c4nnnn42)C(c2ccc(OC)c(-c4cnc(F)c(C)c4)c2)c2c(c4ccccc4oc2=O)O3)cc1. The van der Waals surface area contributed by atoms with Gasteiger partial charge >= 0.3 is 5.63 Å². The molecule has 3 aromatic carbocycles. The third-order valence-electron chi connectivity index (χ3n) is 8.38. The van der Waals surface area contributed by atoms with Crippen LogP contribution in [0.2, 0.25) is 0 Å². The molecular weight excluding hydrogens is 591 g/mol. The van der Waals surface area contributed by atoms with Gasteiger partial charge in [0.25, 0.3) is 0 Å². The van der Waals surface area contributed by atoms with Gasteiger partial charge in [0.1, 0.15) is 17.1 Å². The molecule has 0 saturated carbocycles. The standard InChI is InChI=1S/C34H25FN6O5/c1-17-14-20(16-36-30(17)35)23-15-19(10-13-24(23)44-3)26-27-29(22-6-4-5-7-25(22)45-34(27)42)46-33-28(26)32-38-39-40-41(32)31(37-33)18-8-11-21(43-2)12-9-18/h4-16,26,31,37H,1-3H3. The molecular formula is C34H25FN6O5. The van der Waals surface area contributed by atoms with Gasteiger partial charge in [0.05, 0.1) is 36.7 Å². The minimum absolute atomic E-state index is 0.293. The van der Waals surface area contributed by atoms with Crippen molar-refractivity contribution >= 4 is 16.5 Å². The van der Waals surface area contributed by atoms with E-state index in [1.54, 1.807) is 50.1 Å². The highest BCUT2D eigenvalue weighted by Gasteiger charge is 2.43. The lowest BCUT2D eigenvalue weighted by Crippen LogP contribution is -2.39. The summed E-state index contributed by atoms with van der Waals surface area (Å²) in [5.74, 6) is 1.15. The largest absolute Gasteiger partial charge is 0.497 e. The number of tetrazole rings is 1. The second-order valence-corrected chi connectivity index (χ2v) is 11.0. The van der Waals surface area contributed by atoms with Crippen molar-refractivity contribution < 1.29 is 23.0 Å². The minimum Gasteiger partial charge on any atom is -0.497 e. The third kappa shape index (κ3) is 4.21. The van der Waals surface area contributed by atoms with Gasteiger partial charge in [-0.1, -0.05) is 30.3 Å². The molecule has 0 aliphatic carbocycles. The van der Waals surface area contributed by atoms with E-state index in [4.69, 9.17) is 18.6 Å². The predicted molar refractivity (Wildman–Crippen MR) is 165 cm³/mol. The Labute approximate surface area is 260 Å². The Hall–Kier alpha value is -6.04. The van der Waals surface area contributed by atoms with Crippen LogP contribution in [-0.4, -0.2) is 39.4 Å². The zero-order chi connectivity index (χ0) is 31.5. The first kappa shape index (κ1) is 27.5. The average Bonchev–Trinajstić information content (AvgIpc) is 3.58. The summed E-state index contributed by atoms with van der Waals surface area (Å²) < 4.78 is 39.3. The second kappa shape index (κ2) is 10.5. The topological polar surface area (TPSA) is 126 Å². The van der Waals surface area contributed by atoms with E-state index in [1.807, 2.05) is 48.5 Å². The molecule has 11 nitrogen and oxygen atoms in total. The monoisotopic (exact) mass is 616 g/mol. The number of fused-ring (bicyclic) bond motifs is 5. The number of allylic oxidation sites excluding steroid dienone is 1. The molecule has 46 heavy (non-hydrogen) atoms. The summed E-state index contributed by atoms with van der Waals surface area (Å²) in [5, 5.41) is 16.9. The van der Waals surface area contributed by atoms with Crippen LogP contribution in [0.15, 0.2) is 94.1 Å². The number of halogens is 1. The van der Waals surface area contributed by atoms with Crippen LogP contribution < -0.4 is 25.2 Å². The van der Waals surface area contributed by atoms with E-state index in [0.717, 1.165) is 5.56 Å². The number of pyridine rings is 1. The van der Waals surface area contributed by atoms with Crippen molar-refractivity contribution in [2.75, 3.05) is 14.2 Å². The number of benzene rings is 3. The molecule has 0 saturated heterocycles. The number of hydrogen-bond acceptors (Lipinski definition) is 10. The van der Waals surface area contributed by atoms with Crippen LogP contribution in [0.5, 0.6) is 17.2 Å². The fourth-order valence-electron chi connectivity index (χ4n) is 6.18. The fraction of sp³-hybridized carbons (Fsp3) is 0.147. The number of aryl methyl sites for hydroxylation is 1. The molecule has 0 spiro atoms. The number of nitrogens with one attached hydrogen (secondary N) is 1.